The van der Waals surface area contributed by atoms with Crippen LogP contribution in [0.1, 0.15) is 96.5 Å². The van der Waals surface area contributed by atoms with Crippen molar-refractivity contribution in [1.82, 2.24) is 15.2 Å². The van der Waals surface area contributed by atoms with Gasteiger partial charge in [0.05, 0.1) is 0 Å². The average Bonchev–Trinajstić information content (AvgIpc) is 3.66. The average molecular weight is 436 g/mol. The van der Waals surface area contributed by atoms with Gasteiger partial charge in [-0.2, -0.15) is 0 Å². The lowest BCUT2D eigenvalue weighted by Gasteiger charge is -2.18. The van der Waals surface area contributed by atoms with E-state index < -0.39 is 11.3 Å². The van der Waals surface area contributed by atoms with Crippen LogP contribution in [0.2, 0.25) is 0 Å². The summed E-state index contributed by atoms with van der Waals surface area (Å²) in [6.07, 6.45) is 11.7. The molecule has 2 saturated carbocycles. The Hall–Kier alpha value is -2.89. The van der Waals surface area contributed by atoms with Gasteiger partial charge in [0.1, 0.15) is 11.1 Å². The first kappa shape index (κ1) is 22.3. The van der Waals surface area contributed by atoms with Gasteiger partial charge < -0.3 is 15.2 Å². The minimum atomic E-state index is -0.488. The normalized spacial score (nSPS) is 17.9. The highest BCUT2D eigenvalue weighted by Gasteiger charge is 2.28. The van der Waals surface area contributed by atoms with Gasteiger partial charge in [0.15, 0.2) is 0 Å². The van der Waals surface area contributed by atoms with Crippen molar-refractivity contribution in [3.05, 3.63) is 69.6 Å². The Labute approximate surface area is 189 Å². The van der Waals surface area contributed by atoms with Gasteiger partial charge in [-0.15, -0.1) is 0 Å². The molecule has 2 aliphatic carbocycles. The van der Waals surface area contributed by atoms with Crippen molar-refractivity contribution in [3.63, 3.8) is 0 Å². The van der Waals surface area contributed by atoms with Gasteiger partial charge in [-0.25, -0.2) is 0 Å². The molecule has 2 aliphatic rings. The van der Waals surface area contributed by atoms with Gasteiger partial charge in [-0.3, -0.25) is 14.4 Å². The third-order valence-corrected chi connectivity index (χ3v) is 6.63. The molecule has 0 spiro atoms. The Morgan fingerprint density at radius 1 is 0.938 bits per heavy atom. The van der Waals surface area contributed by atoms with E-state index in [1.165, 1.54) is 12.8 Å². The number of aromatic nitrogens is 1. The van der Waals surface area contributed by atoms with Gasteiger partial charge in [-0.05, 0) is 37.2 Å². The van der Waals surface area contributed by atoms with Crippen molar-refractivity contribution in [2.75, 3.05) is 6.54 Å². The fraction of sp³-hybridized carbons (Fsp3) is 0.500. The first-order chi connectivity index (χ1) is 15.5. The van der Waals surface area contributed by atoms with E-state index in [2.05, 4.69) is 10.6 Å². The molecule has 0 unspecified atom stereocenters. The Kier molecular flexibility index (Phi) is 7.08. The maximum absolute atomic E-state index is 13.1. The Morgan fingerprint density at radius 2 is 1.56 bits per heavy atom. The highest BCUT2D eigenvalue weighted by Crippen LogP contribution is 2.34. The molecule has 4 rings (SSSR count). The SMILES string of the molecule is C[C@H](CNC(=O)c1cn(C2CC2)cc(C(=O)NC2CCCCCC2)c1=O)c1ccccc1. The van der Waals surface area contributed by atoms with E-state index in [1.54, 1.807) is 12.4 Å². The van der Waals surface area contributed by atoms with Crippen LogP contribution in [0, 0.1) is 0 Å². The number of nitrogens with one attached hydrogen (secondary N) is 2. The predicted octanol–water partition coefficient (Wildman–Crippen LogP) is 4.17. The number of hydrogen-bond acceptors (Lipinski definition) is 3. The number of rotatable bonds is 7. The molecule has 2 N–H and O–H groups in total. The molecule has 1 aromatic carbocycles. The second-order valence-corrected chi connectivity index (χ2v) is 9.28. The van der Waals surface area contributed by atoms with Gasteiger partial charge >= 0.3 is 0 Å². The molecule has 0 saturated heterocycles. The molecule has 1 aromatic heterocycles. The lowest BCUT2D eigenvalue weighted by Crippen LogP contribution is -2.39. The zero-order chi connectivity index (χ0) is 22.5. The summed E-state index contributed by atoms with van der Waals surface area (Å²) in [6.45, 7) is 2.46. The Bertz CT molecular complexity index is 1000. The number of pyridine rings is 1. The van der Waals surface area contributed by atoms with Gasteiger partial charge in [0, 0.05) is 31.0 Å². The Balaban J connectivity index is 1.51. The fourth-order valence-corrected chi connectivity index (χ4v) is 4.43. The van der Waals surface area contributed by atoms with Gasteiger partial charge in [0.2, 0.25) is 5.43 Å². The van der Waals surface area contributed by atoms with Crippen LogP contribution in [-0.2, 0) is 0 Å². The third kappa shape index (κ3) is 5.47. The predicted molar refractivity (Wildman–Crippen MR) is 125 cm³/mol. The molecule has 0 aliphatic heterocycles. The second-order valence-electron chi connectivity index (χ2n) is 9.28. The Morgan fingerprint density at radius 3 is 2.19 bits per heavy atom. The van der Waals surface area contributed by atoms with Gasteiger partial charge in [-0.1, -0.05) is 62.9 Å². The molecule has 2 amide bonds. The van der Waals surface area contributed by atoms with Crippen LogP contribution < -0.4 is 16.1 Å². The highest BCUT2D eigenvalue weighted by atomic mass is 16.2. The maximum Gasteiger partial charge on any atom is 0.256 e. The van der Waals surface area contributed by atoms with Crippen molar-refractivity contribution in [2.45, 2.75) is 76.3 Å². The zero-order valence-corrected chi connectivity index (χ0v) is 18.8. The van der Waals surface area contributed by atoms with Crippen molar-refractivity contribution in [1.29, 1.82) is 0 Å². The van der Waals surface area contributed by atoms with Crippen molar-refractivity contribution in [2.24, 2.45) is 0 Å². The summed E-state index contributed by atoms with van der Waals surface area (Å²) in [5.74, 6) is -0.660. The number of carbonyl (C=O) groups excluding carboxylic acids is 2. The number of amides is 2. The lowest BCUT2D eigenvalue weighted by molar-refractivity contribution is 0.0931. The highest BCUT2D eigenvalue weighted by molar-refractivity contribution is 5.99. The van der Waals surface area contributed by atoms with E-state index in [4.69, 9.17) is 0 Å². The smallest absolute Gasteiger partial charge is 0.256 e. The van der Waals surface area contributed by atoms with E-state index in [0.29, 0.717) is 6.54 Å². The third-order valence-electron chi connectivity index (χ3n) is 6.63. The van der Waals surface area contributed by atoms with E-state index >= 15 is 0 Å². The molecule has 0 radical (unpaired) electrons. The van der Waals surface area contributed by atoms with E-state index in [0.717, 1.165) is 44.1 Å². The van der Waals surface area contributed by atoms with E-state index in [9.17, 15) is 14.4 Å². The fourth-order valence-electron chi connectivity index (χ4n) is 4.43. The number of carbonyl (C=O) groups is 2. The summed E-state index contributed by atoms with van der Waals surface area (Å²) in [4.78, 5) is 39.1. The molecule has 170 valence electrons. The number of hydrogen-bond donors (Lipinski definition) is 2. The summed E-state index contributed by atoms with van der Waals surface area (Å²) in [5.41, 5.74) is 0.758. The zero-order valence-electron chi connectivity index (χ0n) is 18.8. The van der Waals surface area contributed by atoms with Crippen LogP contribution in [0.3, 0.4) is 0 Å². The first-order valence-corrected chi connectivity index (χ1v) is 11.9. The largest absolute Gasteiger partial charge is 0.351 e. The van der Waals surface area contributed by atoms with Crippen LogP contribution in [0.15, 0.2) is 47.5 Å². The maximum atomic E-state index is 13.1. The molecular formula is C26H33N3O3. The minimum Gasteiger partial charge on any atom is -0.351 e. The van der Waals surface area contributed by atoms with E-state index in [-0.39, 0.29) is 35.0 Å². The lowest BCUT2D eigenvalue weighted by atomic mass is 10.0. The number of nitrogens with zero attached hydrogens (tertiary/aromatic N) is 1. The van der Waals surface area contributed by atoms with Crippen LogP contribution in [0.25, 0.3) is 0 Å². The molecule has 2 fully saturated rings. The summed E-state index contributed by atoms with van der Waals surface area (Å²) in [5, 5.41) is 5.95. The number of benzene rings is 1. The summed E-state index contributed by atoms with van der Waals surface area (Å²) < 4.78 is 1.87. The monoisotopic (exact) mass is 435 g/mol. The van der Waals surface area contributed by atoms with Crippen molar-refractivity contribution >= 4 is 11.8 Å². The van der Waals surface area contributed by atoms with Gasteiger partial charge in [0.25, 0.3) is 11.8 Å². The standard InChI is InChI=1S/C26H33N3O3/c1-18(19-9-5-4-6-10-19)15-27-25(31)22-16-29(21-13-14-21)17-23(24(22)30)26(32)28-20-11-7-2-3-8-12-20/h4-6,9-10,16-18,20-21H,2-3,7-8,11-15H2,1H3,(H,27,31)(H,28,32)/t18-/m1/s1. The van der Waals surface area contributed by atoms with Crippen molar-refractivity contribution < 1.29 is 9.59 Å². The van der Waals surface area contributed by atoms with Crippen LogP contribution >= 0.6 is 0 Å². The molecular weight excluding hydrogens is 402 g/mol. The van der Waals surface area contributed by atoms with Crippen LogP contribution in [-0.4, -0.2) is 29.0 Å². The molecule has 6 nitrogen and oxygen atoms in total. The summed E-state index contributed by atoms with van der Waals surface area (Å²) in [7, 11) is 0. The van der Waals surface area contributed by atoms with E-state index in [1.807, 2.05) is 41.8 Å². The topological polar surface area (TPSA) is 80.2 Å². The van der Waals surface area contributed by atoms with Crippen LogP contribution in [0.5, 0.6) is 0 Å². The molecule has 32 heavy (non-hydrogen) atoms. The second kappa shape index (κ2) is 10.2. The summed E-state index contributed by atoms with van der Waals surface area (Å²) >= 11 is 0. The molecule has 1 atom stereocenters. The van der Waals surface area contributed by atoms with Crippen LogP contribution in [0.4, 0.5) is 0 Å². The molecule has 6 heteroatoms. The molecule has 2 aromatic rings. The first-order valence-electron chi connectivity index (χ1n) is 11.9. The molecule has 0 bridgehead atoms. The quantitative estimate of drug-likeness (QED) is 0.641. The summed E-state index contributed by atoms with van der Waals surface area (Å²) in [6, 6.07) is 10.3. The minimum absolute atomic E-state index is 0.0469. The van der Waals surface area contributed by atoms with Crippen molar-refractivity contribution in [3.8, 4) is 0 Å². The molecule has 1 heterocycles.